The average Bonchev–Trinajstić information content (AvgIpc) is 3.03. The summed E-state index contributed by atoms with van der Waals surface area (Å²) in [6.45, 7) is 17.7. The van der Waals surface area contributed by atoms with Gasteiger partial charge in [0.05, 0.1) is 19.6 Å². The molecule has 0 saturated carbocycles. The Morgan fingerprint density at radius 1 is 0.795 bits per heavy atom. The van der Waals surface area contributed by atoms with Crippen LogP contribution in [0, 0.1) is 6.92 Å². The summed E-state index contributed by atoms with van der Waals surface area (Å²) in [6, 6.07) is 34.2. The number of hydrogen-bond acceptors (Lipinski definition) is 0. The molecular formula is C41H44N2Si+2. The van der Waals surface area contributed by atoms with Crippen LogP contribution in [0.25, 0.3) is 33.6 Å². The Balaban J connectivity index is 1.47. The van der Waals surface area contributed by atoms with Gasteiger partial charge in [0.2, 0.25) is 11.4 Å². The zero-order chi connectivity index (χ0) is 30.6. The first-order valence-electron chi connectivity index (χ1n) is 16.3. The van der Waals surface area contributed by atoms with E-state index in [9.17, 15) is 0 Å². The number of hydrogen-bond donors (Lipinski definition) is 0. The molecule has 0 spiro atoms. The summed E-state index contributed by atoms with van der Waals surface area (Å²) in [6.07, 6.45) is 8.11. The number of aryl methyl sites for hydroxylation is 3. The van der Waals surface area contributed by atoms with E-state index >= 15 is 0 Å². The summed E-state index contributed by atoms with van der Waals surface area (Å²) in [5.74, 6) is 0.354. The smallest absolute Gasteiger partial charge is 0.193 e. The van der Waals surface area contributed by atoms with Crippen molar-refractivity contribution in [2.75, 3.05) is 0 Å². The number of aromatic nitrogens is 2. The first kappa shape index (κ1) is 28.7. The molecule has 2 atom stereocenters. The van der Waals surface area contributed by atoms with Crippen molar-refractivity contribution in [3.8, 4) is 33.6 Å². The average molecular weight is 593 g/mol. The molecule has 44 heavy (non-hydrogen) atoms. The molecule has 0 aliphatic carbocycles. The summed E-state index contributed by atoms with van der Waals surface area (Å²) in [5.41, 5.74) is 14.9. The number of fused-ring (bicyclic) bond motifs is 9. The maximum atomic E-state index is 4.93. The maximum Gasteiger partial charge on any atom is 0.213 e. The van der Waals surface area contributed by atoms with Crippen LogP contribution in [0.1, 0.15) is 47.6 Å². The topological polar surface area (TPSA) is 7.76 Å². The van der Waals surface area contributed by atoms with Gasteiger partial charge in [0.1, 0.15) is 0 Å². The molecule has 2 aromatic heterocycles. The predicted molar refractivity (Wildman–Crippen MR) is 186 cm³/mol. The van der Waals surface area contributed by atoms with Gasteiger partial charge in [0.25, 0.3) is 0 Å². The fourth-order valence-corrected chi connectivity index (χ4v) is 9.56. The van der Waals surface area contributed by atoms with Crippen LogP contribution in [0.5, 0.6) is 0 Å². The van der Waals surface area contributed by atoms with Gasteiger partial charge in [-0.05, 0) is 66.1 Å². The van der Waals surface area contributed by atoms with E-state index in [-0.39, 0.29) is 6.04 Å². The van der Waals surface area contributed by atoms with Crippen LogP contribution < -0.4 is 14.3 Å². The largest absolute Gasteiger partial charge is 0.213 e. The minimum absolute atomic E-state index is 0.188. The normalized spacial score (nSPS) is 17.5. The SMILES string of the molecule is C=C1C[n+]2cc(-c3ccccc3)c(C)cc2-c2ccccc2CCC2c3ccccc3-c3cc(CC)c([Si](C)(C)C)c[n+]3C12. The van der Waals surface area contributed by atoms with E-state index in [1.54, 1.807) is 5.19 Å². The standard InChI is InChI=1S/C41H44N2Si/c1-7-30-24-39-35-20-14-13-19-34(35)36-22-21-32-17-11-12-18-33(32)38-23-28(2)37(31-15-9-8-10-16-31)26-42(38)25-29(3)41(36)43(39)27-40(30)44(4,5)6/h8-20,23-24,26-27,36,41H,3,7,21-22,25H2,1-2,4-6H3/q+2. The third-order valence-electron chi connectivity index (χ3n) is 9.98. The lowest BCUT2D eigenvalue weighted by atomic mass is 9.76. The van der Waals surface area contributed by atoms with E-state index in [4.69, 9.17) is 6.58 Å². The number of benzene rings is 3. The molecule has 3 aromatic carbocycles. The molecule has 0 fully saturated rings. The second-order valence-corrected chi connectivity index (χ2v) is 18.9. The minimum Gasteiger partial charge on any atom is -0.193 e. The Morgan fingerprint density at radius 2 is 1.50 bits per heavy atom. The van der Waals surface area contributed by atoms with Crippen molar-refractivity contribution in [1.29, 1.82) is 0 Å². The van der Waals surface area contributed by atoms with Crippen LogP contribution in [-0.2, 0) is 19.4 Å². The molecule has 0 N–H and O–H groups in total. The molecule has 0 saturated heterocycles. The van der Waals surface area contributed by atoms with Gasteiger partial charge < -0.3 is 0 Å². The van der Waals surface area contributed by atoms with Gasteiger partial charge in [-0.1, -0.05) is 99.9 Å². The van der Waals surface area contributed by atoms with Crippen LogP contribution in [0.15, 0.2) is 116 Å². The zero-order valence-corrected chi connectivity index (χ0v) is 27.9. The van der Waals surface area contributed by atoms with Crippen molar-refractivity contribution in [1.82, 2.24) is 0 Å². The van der Waals surface area contributed by atoms with Crippen molar-refractivity contribution in [3.05, 3.63) is 138 Å². The lowest BCUT2D eigenvalue weighted by Crippen LogP contribution is -2.55. The number of rotatable bonds is 3. The highest BCUT2D eigenvalue weighted by molar-refractivity contribution is 6.89. The lowest BCUT2D eigenvalue weighted by Gasteiger charge is -2.33. The molecule has 7 rings (SSSR count). The van der Waals surface area contributed by atoms with Gasteiger partial charge >= 0.3 is 0 Å². The highest BCUT2D eigenvalue weighted by atomic mass is 28.3. The van der Waals surface area contributed by atoms with E-state index in [0.29, 0.717) is 5.92 Å². The molecule has 5 aromatic rings. The fourth-order valence-electron chi connectivity index (χ4n) is 7.82. The van der Waals surface area contributed by atoms with Crippen LogP contribution in [0.2, 0.25) is 19.6 Å². The molecule has 2 unspecified atom stereocenters. The van der Waals surface area contributed by atoms with Crippen LogP contribution in [0.3, 0.4) is 0 Å². The van der Waals surface area contributed by atoms with Crippen molar-refractivity contribution in [2.24, 2.45) is 0 Å². The van der Waals surface area contributed by atoms with Gasteiger partial charge in [0.15, 0.2) is 25.0 Å². The van der Waals surface area contributed by atoms with Gasteiger partial charge in [-0.15, -0.1) is 0 Å². The van der Waals surface area contributed by atoms with Crippen molar-refractivity contribution in [3.63, 3.8) is 0 Å². The molecule has 220 valence electrons. The van der Waals surface area contributed by atoms with Gasteiger partial charge in [-0.25, -0.2) is 0 Å². The Hall–Kier alpha value is -4.08. The molecule has 2 nitrogen and oxygen atoms in total. The lowest BCUT2D eigenvalue weighted by molar-refractivity contribution is -0.722. The van der Waals surface area contributed by atoms with Crippen molar-refractivity contribution < 1.29 is 9.13 Å². The monoisotopic (exact) mass is 592 g/mol. The van der Waals surface area contributed by atoms with E-state index in [2.05, 4.69) is 146 Å². The summed E-state index contributed by atoms with van der Waals surface area (Å²) in [4.78, 5) is 0. The van der Waals surface area contributed by atoms with Crippen LogP contribution in [0.4, 0.5) is 0 Å². The van der Waals surface area contributed by atoms with Gasteiger partial charge in [0, 0.05) is 34.0 Å². The Kier molecular flexibility index (Phi) is 7.25. The van der Waals surface area contributed by atoms with E-state index in [1.807, 2.05) is 0 Å². The van der Waals surface area contributed by atoms with Crippen LogP contribution >= 0.6 is 0 Å². The Morgan fingerprint density at radius 3 is 2.25 bits per heavy atom. The highest BCUT2D eigenvalue weighted by Crippen LogP contribution is 2.44. The summed E-state index contributed by atoms with van der Waals surface area (Å²) in [5, 5.41) is 1.58. The van der Waals surface area contributed by atoms with E-state index in [0.717, 1.165) is 25.8 Å². The van der Waals surface area contributed by atoms with Crippen molar-refractivity contribution in [2.45, 2.75) is 71.3 Å². The van der Waals surface area contributed by atoms with Gasteiger partial charge in [-0.3, -0.25) is 0 Å². The van der Waals surface area contributed by atoms with Crippen molar-refractivity contribution >= 4 is 13.3 Å². The zero-order valence-electron chi connectivity index (χ0n) is 26.9. The molecular weight excluding hydrogens is 549 g/mol. The fraction of sp³-hybridized carbons (Fsp3) is 0.268. The molecule has 0 radical (unpaired) electrons. The second-order valence-electron chi connectivity index (χ2n) is 13.9. The number of nitrogens with zero attached hydrogens (tertiary/aromatic N) is 2. The number of pyridine rings is 2. The minimum atomic E-state index is -1.58. The van der Waals surface area contributed by atoms with E-state index < -0.39 is 8.07 Å². The van der Waals surface area contributed by atoms with Crippen LogP contribution in [-0.4, -0.2) is 8.07 Å². The molecule has 0 bridgehead atoms. The number of allylic oxidation sites excluding steroid dienone is 1. The third kappa shape index (κ3) is 4.88. The molecule has 0 amide bonds. The quantitative estimate of drug-likeness (QED) is 0.113. The maximum absolute atomic E-state index is 4.93. The third-order valence-corrected chi connectivity index (χ3v) is 12.0. The Bertz CT molecular complexity index is 1900. The first-order chi connectivity index (χ1) is 21.2. The highest BCUT2D eigenvalue weighted by Gasteiger charge is 2.44. The molecule has 3 heteroatoms. The summed E-state index contributed by atoms with van der Waals surface area (Å²) in [7, 11) is -1.58. The first-order valence-corrected chi connectivity index (χ1v) is 19.8. The molecule has 2 aliphatic rings. The molecule has 2 aliphatic heterocycles. The van der Waals surface area contributed by atoms with E-state index in [1.165, 1.54) is 61.5 Å². The van der Waals surface area contributed by atoms with Gasteiger partial charge in [-0.2, -0.15) is 9.13 Å². The molecule has 4 heterocycles. The summed E-state index contributed by atoms with van der Waals surface area (Å²) < 4.78 is 5.13. The Labute approximate surface area is 264 Å². The summed E-state index contributed by atoms with van der Waals surface area (Å²) >= 11 is 0. The second kappa shape index (κ2) is 11.1. The predicted octanol–water partition coefficient (Wildman–Crippen LogP) is 8.52.